The molecule has 1 N–H and O–H groups in total. The number of amides is 2. The quantitative estimate of drug-likeness (QED) is 0.889. The third kappa shape index (κ3) is 2.35. The molecule has 2 amide bonds. The number of aromatic nitrogens is 1. The molecule has 136 valence electrons. The Morgan fingerprint density at radius 3 is 2.56 bits per heavy atom. The first-order valence-electron chi connectivity index (χ1n) is 8.94. The highest BCUT2D eigenvalue weighted by Crippen LogP contribution is 2.59. The van der Waals surface area contributed by atoms with Crippen LogP contribution in [0.5, 0.6) is 0 Å². The molecule has 0 unspecified atom stereocenters. The molecule has 0 radical (unpaired) electrons. The van der Waals surface area contributed by atoms with Gasteiger partial charge in [0.15, 0.2) is 5.69 Å². The smallest absolute Gasteiger partial charge is 0.357 e. The molecule has 7 nitrogen and oxygen atoms in total. The van der Waals surface area contributed by atoms with Gasteiger partial charge in [-0.3, -0.25) is 0 Å². The number of oxazole rings is 1. The van der Waals surface area contributed by atoms with E-state index in [1.54, 1.807) is 0 Å². The van der Waals surface area contributed by atoms with Crippen molar-refractivity contribution in [2.45, 2.75) is 39.5 Å². The fraction of sp³-hybridized carbons (Fsp3) is 0.722. The zero-order chi connectivity index (χ0) is 18.0. The number of likely N-dealkylation sites (tertiary alicyclic amines) is 2. The molecule has 3 fully saturated rings. The van der Waals surface area contributed by atoms with E-state index in [9.17, 15) is 9.59 Å². The van der Waals surface area contributed by atoms with E-state index < -0.39 is 5.97 Å². The summed E-state index contributed by atoms with van der Waals surface area (Å²) in [6.45, 7) is 9.73. The van der Waals surface area contributed by atoms with Crippen molar-refractivity contribution in [2.75, 3.05) is 26.2 Å². The summed E-state index contributed by atoms with van der Waals surface area (Å²) < 4.78 is 5.25. The van der Waals surface area contributed by atoms with Gasteiger partial charge in [-0.25, -0.2) is 14.6 Å². The third-order valence-corrected chi connectivity index (χ3v) is 7.11. The third-order valence-electron chi connectivity index (χ3n) is 7.11. The van der Waals surface area contributed by atoms with Crippen LogP contribution in [-0.4, -0.2) is 58.1 Å². The highest BCUT2D eigenvalue weighted by molar-refractivity contribution is 5.84. The lowest BCUT2D eigenvalue weighted by molar-refractivity contribution is -0.0122. The standard InChI is InChI=1S/C18H25N3O4/c1-17(2)12-4-5-18(17,3)10-21(8-12)16(24)20-6-11(7-20)14-19-13(9-25-14)15(22)23/h9,11-12H,4-8,10H2,1-3H3,(H,22,23)/t12-,18+/m1/s1. The number of hydrogen-bond donors (Lipinski definition) is 1. The van der Waals surface area contributed by atoms with E-state index in [0.717, 1.165) is 19.4 Å². The van der Waals surface area contributed by atoms with Crippen LogP contribution < -0.4 is 0 Å². The Morgan fingerprint density at radius 1 is 1.24 bits per heavy atom. The summed E-state index contributed by atoms with van der Waals surface area (Å²) in [5.74, 6) is -0.127. The molecule has 25 heavy (non-hydrogen) atoms. The molecule has 1 aliphatic carbocycles. The van der Waals surface area contributed by atoms with E-state index in [-0.39, 0.29) is 28.5 Å². The maximum Gasteiger partial charge on any atom is 0.357 e. The van der Waals surface area contributed by atoms with Crippen LogP contribution in [0.1, 0.15) is 55.9 Å². The second-order valence-corrected chi connectivity index (χ2v) is 8.66. The Balaban J connectivity index is 1.38. The van der Waals surface area contributed by atoms with Crippen LogP contribution in [0.3, 0.4) is 0 Å². The topological polar surface area (TPSA) is 86.9 Å². The molecule has 2 bridgehead atoms. The molecule has 1 saturated carbocycles. The minimum Gasteiger partial charge on any atom is -0.476 e. The number of carbonyl (C=O) groups excluding carboxylic acids is 1. The molecule has 7 heteroatoms. The van der Waals surface area contributed by atoms with Crippen molar-refractivity contribution < 1.29 is 19.1 Å². The van der Waals surface area contributed by atoms with Gasteiger partial charge in [-0.05, 0) is 29.6 Å². The molecule has 0 spiro atoms. The minimum absolute atomic E-state index is 0.00871. The predicted octanol–water partition coefficient (Wildman–Crippen LogP) is 2.65. The Labute approximate surface area is 147 Å². The van der Waals surface area contributed by atoms with Gasteiger partial charge in [0.1, 0.15) is 6.26 Å². The lowest BCUT2D eigenvalue weighted by Crippen LogP contribution is -2.60. The van der Waals surface area contributed by atoms with Crippen molar-refractivity contribution in [1.29, 1.82) is 0 Å². The van der Waals surface area contributed by atoms with Crippen molar-refractivity contribution in [2.24, 2.45) is 16.7 Å². The van der Waals surface area contributed by atoms with Gasteiger partial charge in [0.05, 0.1) is 5.92 Å². The monoisotopic (exact) mass is 347 g/mol. The van der Waals surface area contributed by atoms with E-state index >= 15 is 0 Å². The van der Waals surface area contributed by atoms with Gasteiger partial charge in [0.2, 0.25) is 5.89 Å². The summed E-state index contributed by atoms with van der Waals surface area (Å²) in [7, 11) is 0. The average Bonchev–Trinajstić information content (AvgIpc) is 2.98. The summed E-state index contributed by atoms with van der Waals surface area (Å²) in [5.41, 5.74) is 0.393. The number of hydrogen-bond acceptors (Lipinski definition) is 4. The highest BCUT2D eigenvalue weighted by Gasteiger charge is 2.56. The lowest BCUT2D eigenvalue weighted by atomic mass is 9.63. The Kier molecular flexibility index (Phi) is 3.43. The molecular weight excluding hydrogens is 322 g/mol. The lowest BCUT2D eigenvalue weighted by Gasteiger charge is -2.52. The number of aromatic carboxylic acids is 1. The highest BCUT2D eigenvalue weighted by atomic mass is 16.4. The fourth-order valence-electron chi connectivity index (χ4n) is 4.73. The first-order chi connectivity index (χ1) is 11.7. The first-order valence-corrected chi connectivity index (χ1v) is 8.94. The van der Waals surface area contributed by atoms with E-state index in [4.69, 9.17) is 9.52 Å². The van der Waals surface area contributed by atoms with E-state index in [1.165, 1.54) is 12.8 Å². The fourth-order valence-corrected chi connectivity index (χ4v) is 4.73. The molecule has 3 aliphatic rings. The van der Waals surface area contributed by atoms with Gasteiger partial charge in [0.25, 0.3) is 0 Å². The first kappa shape index (κ1) is 16.4. The van der Waals surface area contributed by atoms with Crippen molar-refractivity contribution in [3.63, 3.8) is 0 Å². The van der Waals surface area contributed by atoms with E-state index in [0.29, 0.717) is 24.9 Å². The summed E-state index contributed by atoms with van der Waals surface area (Å²) in [6, 6.07) is 0.0925. The van der Waals surface area contributed by atoms with Crippen molar-refractivity contribution >= 4 is 12.0 Å². The number of carboxylic acids is 1. The second-order valence-electron chi connectivity index (χ2n) is 8.66. The number of carboxylic acid groups (broad SMARTS) is 1. The van der Waals surface area contributed by atoms with Crippen LogP contribution in [0, 0.1) is 16.7 Å². The molecule has 2 aliphatic heterocycles. The number of urea groups is 1. The number of piperidine rings is 1. The summed E-state index contributed by atoms with van der Waals surface area (Å²) >= 11 is 0. The van der Waals surface area contributed by atoms with E-state index in [1.807, 2.05) is 9.80 Å². The van der Waals surface area contributed by atoms with Gasteiger partial charge in [0, 0.05) is 26.2 Å². The molecule has 1 aromatic rings. The molecular formula is C18H25N3O4. The molecule has 1 aromatic heterocycles. The summed E-state index contributed by atoms with van der Waals surface area (Å²) in [4.78, 5) is 31.5. The van der Waals surface area contributed by atoms with Crippen LogP contribution in [0.15, 0.2) is 10.7 Å². The Morgan fingerprint density at radius 2 is 1.96 bits per heavy atom. The van der Waals surface area contributed by atoms with Crippen molar-refractivity contribution in [3.8, 4) is 0 Å². The van der Waals surface area contributed by atoms with Crippen LogP contribution in [0.4, 0.5) is 4.79 Å². The van der Waals surface area contributed by atoms with Crippen molar-refractivity contribution in [3.05, 3.63) is 17.8 Å². The number of rotatable bonds is 2. The predicted molar refractivity (Wildman–Crippen MR) is 89.4 cm³/mol. The summed E-state index contributed by atoms with van der Waals surface area (Å²) in [6.07, 6.45) is 3.54. The maximum atomic E-state index is 12.8. The molecule has 2 atom stereocenters. The average molecular weight is 347 g/mol. The van der Waals surface area contributed by atoms with E-state index in [2.05, 4.69) is 25.8 Å². The van der Waals surface area contributed by atoms with Crippen LogP contribution in [-0.2, 0) is 0 Å². The number of carbonyl (C=O) groups is 2. The van der Waals surface area contributed by atoms with Crippen LogP contribution in [0.25, 0.3) is 0 Å². The zero-order valence-corrected chi connectivity index (χ0v) is 15.0. The van der Waals surface area contributed by atoms with Crippen molar-refractivity contribution in [1.82, 2.24) is 14.8 Å². The Hall–Kier alpha value is -2.05. The molecule has 4 rings (SSSR count). The SMILES string of the molecule is CC1(C)[C@@H]2CC[C@@]1(C)CN(C(=O)N1CC(c3nc(C(=O)O)co3)C1)C2. The largest absolute Gasteiger partial charge is 0.476 e. The van der Waals surface area contributed by atoms with Crippen LogP contribution in [0.2, 0.25) is 0 Å². The number of fused-ring (bicyclic) bond motifs is 2. The van der Waals surface area contributed by atoms with Gasteiger partial charge in [-0.1, -0.05) is 20.8 Å². The minimum atomic E-state index is -1.10. The van der Waals surface area contributed by atoms with Gasteiger partial charge in [-0.15, -0.1) is 0 Å². The zero-order valence-electron chi connectivity index (χ0n) is 15.0. The maximum absolute atomic E-state index is 12.8. The van der Waals surface area contributed by atoms with Crippen LogP contribution >= 0.6 is 0 Å². The van der Waals surface area contributed by atoms with Gasteiger partial charge >= 0.3 is 12.0 Å². The Bertz CT molecular complexity index is 722. The number of nitrogens with zero attached hydrogens (tertiary/aromatic N) is 3. The molecule has 0 aromatic carbocycles. The van der Waals surface area contributed by atoms with Gasteiger partial charge < -0.3 is 19.3 Å². The molecule has 3 heterocycles. The second kappa shape index (κ2) is 5.22. The summed E-state index contributed by atoms with van der Waals surface area (Å²) in [5, 5.41) is 8.91. The normalized spacial score (nSPS) is 31.1. The van der Waals surface area contributed by atoms with Gasteiger partial charge in [-0.2, -0.15) is 0 Å². The molecule has 2 saturated heterocycles.